The van der Waals surface area contributed by atoms with Gasteiger partial charge < -0.3 is 5.32 Å². The number of halogens is 3. The van der Waals surface area contributed by atoms with Crippen molar-refractivity contribution in [2.45, 2.75) is 45.3 Å². The van der Waals surface area contributed by atoms with Gasteiger partial charge in [-0.1, -0.05) is 13.8 Å². The lowest BCUT2D eigenvalue weighted by Crippen LogP contribution is -2.31. The van der Waals surface area contributed by atoms with E-state index in [9.17, 15) is 13.2 Å². The molecule has 0 bridgehead atoms. The van der Waals surface area contributed by atoms with E-state index in [1.807, 2.05) is 13.8 Å². The largest absolute Gasteiger partial charge is 0.417 e. The van der Waals surface area contributed by atoms with Crippen LogP contribution in [0.2, 0.25) is 0 Å². The molecule has 1 aromatic heterocycles. The summed E-state index contributed by atoms with van der Waals surface area (Å²) in [5.41, 5.74) is -0.0216. The average Bonchev–Trinajstić information content (AvgIpc) is 2.34. The van der Waals surface area contributed by atoms with E-state index in [2.05, 4.69) is 17.2 Å². The summed E-state index contributed by atoms with van der Waals surface area (Å²) in [7, 11) is 0. The fourth-order valence-corrected chi connectivity index (χ4v) is 1.65. The predicted molar refractivity (Wildman–Crippen MR) is 65.4 cm³/mol. The van der Waals surface area contributed by atoms with E-state index in [1.165, 1.54) is 6.07 Å². The molecule has 2 nitrogen and oxygen atoms in total. The maximum Gasteiger partial charge on any atom is 0.417 e. The van der Waals surface area contributed by atoms with Crippen LogP contribution in [0.15, 0.2) is 18.3 Å². The van der Waals surface area contributed by atoms with Crippen LogP contribution in [0.1, 0.15) is 44.4 Å². The van der Waals surface area contributed by atoms with Crippen LogP contribution in [0.25, 0.3) is 0 Å². The van der Waals surface area contributed by atoms with E-state index in [0.717, 1.165) is 25.2 Å². The highest BCUT2D eigenvalue weighted by Crippen LogP contribution is 2.29. The summed E-state index contributed by atoms with van der Waals surface area (Å²) in [5, 5.41) is 3.31. The van der Waals surface area contributed by atoms with E-state index >= 15 is 0 Å². The van der Waals surface area contributed by atoms with Crippen molar-refractivity contribution >= 4 is 0 Å². The van der Waals surface area contributed by atoms with E-state index in [0.29, 0.717) is 5.69 Å². The van der Waals surface area contributed by atoms with E-state index in [-0.39, 0.29) is 12.0 Å². The molecule has 2 atom stereocenters. The van der Waals surface area contributed by atoms with Crippen molar-refractivity contribution < 1.29 is 13.2 Å². The fourth-order valence-electron chi connectivity index (χ4n) is 1.65. The summed E-state index contributed by atoms with van der Waals surface area (Å²) in [6.07, 6.45) is -2.39. The molecular weight excluding hydrogens is 241 g/mol. The molecule has 0 amide bonds. The van der Waals surface area contributed by atoms with Crippen LogP contribution in [0, 0.1) is 0 Å². The number of hydrogen-bond acceptors (Lipinski definition) is 2. The Balaban J connectivity index is 2.72. The van der Waals surface area contributed by atoms with Gasteiger partial charge in [-0.25, -0.2) is 0 Å². The van der Waals surface area contributed by atoms with Gasteiger partial charge in [0.2, 0.25) is 0 Å². The lowest BCUT2D eigenvalue weighted by molar-refractivity contribution is -0.137. The number of nitrogens with zero attached hydrogens (tertiary/aromatic N) is 1. The molecule has 1 N–H and O–H groups in total. The second-order valence-corrected chi connectivity index (χ2v) is 4.50. The van der Waals surface area contributed by atoms with Gasteiger partial charge in [0.05, 0.1) is 5.56 Å². The zero-order valence-electron chi connectivity index (χ0n) is 10.9. The number of nitrogens with one attached hydrogen (secondary N) is 1. The number of rotatable bonds is 5. The smallest absolute Gasteiger partial charge is 0.314 e. The molecule has 0 radical (unpaired) electrons. The second kappa shape index (κ2) is 6.18. The molecule has 0 fully saturated rings. The quantitative estimate of drug-likeness (QED) is 0.875. The molecule has 5 heteroatoms. The van der Waals surface area contributed by atoms with Gasteiger partial charge in [0.25, 0.3) is 0 Å². The summed E-state index contributed by atoms with van der Waals surface area (Å²) >= 11 is 0. The summed E-state index contributed by atoms with van der Waals surface area (Å²) in [4.78, 5) is 3.91. The minimum Gasteiger partial charge on any atom is -0.314 e. The highest BCUT2D eigenvalue weighted by Gasteiger charge is 2.31. The topological polar surface area (TPSA) is 24.9 Å². The molecule has 0 saturated heterocycles. The van der Waals surface area contributed by atoms with E-state index < -0.39 is 11.7 Å². The Morgan fingerprint density at radius 3 is 2.39 bits per heavy atom. The molecule has 102 valence electrons. The lowest BCUT2D eigenvalue weighted by Gasteiger charge is -2.21. The molecular formula is C13H19F3N2. The Kier molecular flexibility index (Phi) is 5.14. The Hall–Kier alpha value is -1.10. The van der Waals surface area contributed by atoms with Gasteiger partial charge in [-0.3, -0.25) is 4.98 Å². The maximum absolute atomic E-state index is 12.4. The van der Waals surface area contributed by atoms with Crippen molar-refractivity contribution in [1.29, 1.82) is 0 Å². The second-order valence-electron chi connectivity index (χ2n) is 4.50. The SMILES string of the molecule is CCCNC(C)C(C)c1ccc(C(F)(F)F)cn1. The minimum absolute atomic E-state index is 0.0823. The van der Waals surface area contributed by atoms with Crippen molar-refractivity contribution in [2.24, 2.45) is 0 Å². The highest BCUT2D eigenvalue weighted by atomic mass is 19.4. The summed E-state index contributed by atoms with van der Waals surface area (Å²) in [5.74, 6) is 0.0823. The first-order valence-electron chi connectivity index (χ1n) is 6.12. The molecule has 0 aliphatic carbocycles. The molecule has 18 heavy (non-hydrogen) atoms. The summed E-state index contributed by atoms with van der Waals surface area (Å²) in [6, 6.07) is 2.73. The van der Waals surface area contributed by atoms with Crippen LogP contribution in [-0.2, 0) is 6.18 Å². The van der Waals surface area contributed by atoms with Crippen LogP contribution in [0.5, 0.6) is 0 Å². The van der Waals surface area contributed by atoms with Crippen molar-refractivity contribution in [2.75, 3.05) is 6.54 Å². The summed E-state index contributed by atoms with van der Waals surface area (Å²) < 4.78 is 37.2. The predicted octanol–water partition coefficient (Wildman–Crippen LogP) is 3.59. The van der Waals surface area contributed by atoms with Crippen LogP contribution in [-0.4, -0.2) is 17.6 Å². The number of hydrogen-bond donors (Lipinski definition) is 1. The third kappa shape index (κ3) is 3.98. The monoisotopic (exact) mass is 260 g/mol. The van der Waals surface area contributed by atoms with Crippen LogP contribution < -0.4 is 5.32 Å². The molecule has 1 heterocycles. The summed E-state index contributed by atoms with van der Waals surface area (Å²) in [6.45, 7) is 6.94. The first-order chi connectivity index (χ1) is 8.36. The third-order valence-corrected chi connectivity index (χ3v) is 3.05. The Bertz CT molecular complexity index is 359. The molecule has 0 aromatic carbocycles. The van der Waals surface area contributed by atoms with Gasteiger partial charge in [0.15, 0.2) is 0 Å². The first-order valence-corrected chi connectivity index (χ1v) is 6.12. The molecule has 1 aromatic rings. The molecule has 2 unspecified atom stereocenters. The number of pyridine rings is 1. The molecule has 1 rings (SSSR count). The standard InChI is InChI=1S/C13H19F3N2/c1-4-7-17-10(3)9(2)12-6-5-11(8-18-12)13(14,15)16/h5-6,8-10,17H,4,7H2,1-3H3. The van der Waals surface area contributed by atoms with Gasteiger partial charge in [0, 0.05) is 23.9 Å². The molecule has 0 aliphatic heterocycles. The van der Waals surface area contributed by atoms with Crippen molar-refractivity contribution in [3.8, 4) is 0 Å². The van der Waals surface area contributed by atoms with Gasteiger partial charge in [-0.15, -0.1) is 0 Å². The Morgan fingerprint density at radius 2 is 1.94 bits per heavy atom. The molecule has 0 aliphatic rings. The Morgan fingerprint density at radius 1 is 1.28 bits per heavy atom. The normalized spacial score (nSPS) is 15.4. The molecule has 0 spiro atoms. The Labute approximate surface area is 106 Å². The number of alkyl halides is 3. The third-order valence-electron chi connectivity index (χ3n) is 3.05. The van der Waals surface area contributed by atoms with Gasteiger partial charge in [-0.05, 0) is 32.0 Å². The fraction of sp³-hybridized carbons (Fsp3) is 0.615. The first kappa shape index (κ1) is 15.0. The van der Waals surface area contributed by atoms with Crippen LogP contribution in [0.3, 0.4) is 0 Å². The van der Waals surface area contributed by atoms with Gasteiger partial charge >= 0.3 is 6.18 Å². The minimum atomic E-state index is -4.32. The van der Waals surface area contributed by atoms with Crippen LogP contribution >= 0.6 is 0 Å². The molecule has 0 saturated carbocycles. The van der Waals surface area contributed by atoms with Gasteiger partial charge in [-0.2, -0.15) is 13.2 Å². The number of aromatic nitrogens is 1. The van der Waals surface area contributed by atoms with Crippen LogP contribution in [0.4, 0.5) is 13.2 Å². The van der Waals surface area contributed by atoms with E-state index in [1.54, 1.807) is 0 Å². The zero-order valence-corrected chi connectivity index (χ0v) is 10.9. The van der Waals surface area contributed by atoms with Crippen molar-refractivity contribution in [3.05, 3.63) is 29.6 Å². The maximum atomic E-state index is 12.4. The van der Waals surface area contributed by atoms with Gasteiger partial charge in [0.1, 0.15) is 0 Å². The van der Waals surface area contributed by atoms with Crippen molar-refractivity contribution in [1.82, 2.24) is 10.3 Å². The van der Waals surface area contributed by atoms with E-state index in [4.69, 9.17) is 0 Å². The average molecular weight is 260 g/mol. The highest BCUT2D eigenvalue weighted by molar-refractivity contribution is 5.19. The van der Waals surface area contributed by atoms with Crippen molar-refractivity contribution in [3.63, 3.8) is 0 Å². The zero-order chi connectivity index (χ0) is 13.8. The lowest BCUT2D eigenvalue weighted by atomic mass is 9.98.